The molecule has 0 bridgehead atoms. The molecule has 0 spiro atoms. The highest BCUT2D eigenvalue weighted by Crippen LogP contribution is 2.39. The Labute approximate surface area is 123 Å². The average Bonchev–Trinajstić information content (AvgIpc) is 2.97. The number of nitrogens with one attached hydrogen (secondary N) is 1. The molecule has 0 aromatic heterocycles. The second kappa shape index (κ2) is 5.42. The highest BCUT2D eigenvalue weighted by Gasteiger charge is 2.30. The minimum absolute atomic E-state index is 0.187. The largest absolute Gasteiger partial charge is 0.454 e. The third-order valence-corrected chi connectivity index (χ3v) is 6.21. The van der Waals surface area contributed by atoms with Crippen LogP contribution >= 0.6 is 11.6 Å². The molecule has 20 heavy (non-hydrogen) atoms. The highest BCUT2D eigenvalue weighted by molar-refractivity contribution is 7.92. The summed E-state index contributed by atoms with van der Waals surface area (Å²) in [6.07, 6.45) is 1.52. The summed E-state index contributed by atoms with van der Waals surface area (Å²) in [5, 5.41) is 3.44. The zero-order valence-electron chi connectivity index (χ0n) is 10.9. The van der Waals surface area contributed by atoms with Crippen LogP contribution in [0.3, 0.4) is 0 Å². The molecule has 2 aliphatic heterocycles. The molecule has 2 aliphatic rings. The van der Waals surface area contributed by atoms with Crippen molar-refractivity contribution >= 4 is 21.4 Å². The van der Waals surface area contributed by atoms with Crippen LogP contribution in [0.1, 0.15) is 18.4 Å². The van der Waals surface area contributed by atoms with Gasteiger partial charge in [0.05, 0.1) is 16.0 Å². The molecule has 5 nitrogen and oxygen atoms in total. The molecule has 0 amide bonds. The van der Waals surface area contributed by atoms with E-state index >= 15 is 0 Å². The van der Waals surface area contributed by atoms with Gasteiger partial charge in [-0.2, -0.15) is 0 Å². The van der Waals surface area contributed by atoms with Gasteiger partial charge in [0.1, 0.15) is 0 Å². The van der Waals surface area contributed by atoms with Crippen LogP contribution in [0.2, 0.25) is 5.02 Å². The maximum absolute atomic E-state index is 11.7. The third kappa shape index (κ3) is 2.73. The maximum atomic E-state index is 11.7. The monoisotopic (exact) mass is 317 g/mol. The zero-order chi connectivity index (χ0) is 14.2. The van der Waals surface area contributed by atoms with Crippen molar-refractivity contribution in [2.75, 3.05) is 19.1 Å². The normalized spacial score (nSPS) is 23.1. The fourth-order valence-corrected chi connectivity index (χ4v) is 4.68. The molecule has 0 saturated carbocycles. The molecule has 1 saturated heterocycles. The quantitative estimate of drug-likeness (QED) is 0.916. The van der Waals surface area contributed by atoms with E-state index in [9.17, 15) is 8.42 Å². The molecular weight excluding hydrogens is 302 g/mol. The van der Waals surface area contributed by atoms with E-state index in [1.807, 2.05) is 12.1 Å². The Balaban J connectivity index is 1.61. The van der Waals surface area contributed by atoms with Gasteiger partial charge >= 0.3 is 0 Å². The number of hydrogen-bond acceptors (Lipinski definition) is 5. The fraction of sp³-hybridized carbons (Fsp3) is 0.538. The van der Waals surface area contributed by atoms with Crippen LogP contribution in [-0.2, 0) is 16.4 Å². The molecule has 110 valence electrons. The number of sulfone groups is 1. The number of ether oxygens (including phenoxy) is 2. The van der Waals surface area contributed by atoms with Crippen LogP contribution in [0, 0.1) is 0 Å². The van der Waals surface area contributed by atoms with Gasteiger partial charge in [0.25, 0.3) is 0 Å². The molecule has 3 rings (SSSR count). The number of rotatable bonds is 4. The summed E-state index contributed by atoms with van der Waals surface area (Å²) in [5.74, 6) is 1.53. The van der Waals surface area contributed by atoms with Crippen LogP contribution < -0.4 is 14.8 Å². The van der Waals surface area contributed by atoms with Gasteiger partial charge in [0.15, 0.2) is 21.3 Å². The summed E-state index contributed by atoms with van der Waals surface area (Å²) in [6.45, 7) is 1.23. The lowest BCUT2D eigenvalue weighted by Crippen LogP contribution is -2.30. The second-order valence-electron chi connectivity index (χ2n) is 5.07. The minimum Gasteiger partial charge on any atom is -0.454 e. The first kappa shape index (κ1) is 14.0. The summed E-state index contributed by atoms with van der Waals surface area (Å²) < 4.78 is 34.0. The van der Waals surface area contributed by atoms with Gasteiger partial charge in [0, 0.05) is 13.1 Å². The molecule has 7 heteroatoms. The lowest BCUT2D eigenvalue weighted by atomic mass is 10.2. The van der Waals surface area contributed by atoms with Crippen molar-refractivity contribution in [2.24, 2.45) is 0 Å². The first-order chi connectivity index (χ1) is 9.56. The Hall–Kier alpha value is -0.980. The molecular formula is C13H16ClNO4S. The summed E-state index contributed by atoms with van der Waals surface area (Å²) in [5.41, 5.74) is 0.953. The SMILES string of the molecule is O=S1(=O)CCCC1CNCc1cc(Cl)c2c(c1)OCO2. The van der Waals surface area contributed by atoms with Gasteiger partial charge in [-0.05, 0) is 30.5 Å². The van der Waals surface area contributed by atoms with Gasteiger partial charge < -0.3 is 14.8 Å². The molecule has 1 atom stereocenters. The van der Waals surface area contributed by atoms with Gasteiger partial charge in [-0.25, -0.2) is 8.42 Å². The molecule has 0 aliphatic carbocycles. The minimum atomic E-state index is -2.89. The van der Waals surface area contributed by atoms with E-state index in [1.165, 1.54) is 0 Å². The van der Waals surface area contributed by atoms with Crippen molar-refractivity contribution < 1.29 is 17.9 Å². The van der Waals surface area contributed by atoms with Crippen LogP contribution in [0.5, 0.6) is 11.5 Å². The van der Waals surface area contributed by atoms with E-state index in [2.05, 4.69) is 5.32 Å². The van der Waals surface area contributed by atoms with Gasteiger partial charge in [-0.1, -0.05) is 11.6 Å². The van der Waals surface area contributed by atoms with E-state index < -0.39 is 9.84 Å². The predicted octanol–water partition coefficient (Wildman–Crippen LogP) is 1.74. The van der Waals surface area contributed by atoms with E-state index in [1.54, 1.807) is 0 Å². The lowest BCUT2D eigenvalue weighted by molar-refractivity contribution is 0.174. The standard InChI is InChI=1S/C13H16ClNO4S/c14-11-4-9(5-12-13(11)19-8-18-12)6-15-7-10-2-1-3-20(10,16)17/h4-5,10,15H,1-3,6-8H2. The van der Waals surface area contributed by atoms with E-state index in [4.69, 9.17) is 21.1 Å². The molecule has 1 unspecified atom stereocenters. The number of benzene rings is 1. The third-order valence-electron chi connectivity index (χ3n) is 3.65. The highest BCUT2D eigenvalue weighted by atomic mass is 35.5. The number of halogens is 1. The van der Waals surface area contributed by atoms with E-state index in [0.717, 1.165) is 18.4 Å². The maximum Gasteiger partial charge on any atom is 0.231 e. The van der Waals surface area contributed by atoms with Crippen LogP contribution in [0.4, 0.5) is 0 Å². The summed E-state index contributed by atoms with van der Waals surface area (Å²) in [6, 6.07) is 3.68. The van der Waals surface area contributed by atoms with Crippen LogP contribution in [0.15, 0.2) is 12.1 Å². The van der Waals surface area contributed by atoms with Gasteiger partial charge in [0.2, 0.25) is 6.79 Å². The summed E-state index contributed by atoms with van der Waals surface area (Å²) in [7, 11) is -2.89. The first-order valence-corrected chi connectivity index (χ1v) is 8.66. The van der Waals surface area contributed by atoms with Crippen molar-refractivity contribution in [3.63, 3.8) is 0 Å². The smallest absolute Gasteiger partial charge is 0.231 e. The van der Waals surface area contributed by atoms with Crippen molar-refractivity contribution in [1.82, 2.24) is 5.32 Å². The molecule has 1 aromatic carbocycles. The Bertz CT molecular complexity index is 617. The molecule has 0 radical (unpaired) electrons. The van der Waals surface area contributed by atoms with Gasteiger partial charge in [-0.3, -0.25) is 0 Å². The van der Waals surface area contributed by atoms with Crippen molar-refractivity contribution in [1.29, 1.82) is 0 Å². The summed E-state index contributed by atoms with van der Waals surface area (Å²) in [4.78, 5) is 0. The summed E-state index contributed by atoms with van der Waals surface area (Å²) >= 11 is 6.10. The van der Waals surface area contributed by atoms with Crippen molar-refractivity contribution in [2.45, 2.75) is 24.6 Å². The molecule has 1 fully saturated rings. The molecule has 2 heterocycles. The van der Waals surface area contributed by atoms with E-state index in [0.29, 0.717) is 35.4 Å². The molecule has 1 N–H and O–H groups in total. The van der Waals surface area contributed by atoms with Crippen LogP contribution in [-0.4, -0.2) is 32.8 Å². The fourth-order valence-electron chi connectivity index (χ4n) is 2.59. The van der Waals surface area contributed by atoms with Crippen molar-refractivity contribution in [3.8, 4) is 11.5 Å². The second-order valence-corrected chi connectivity index (χ2v) is 7.88. The predicted molar refractivity (Wildman–Crippen MR) is 76.1 cm³/mol. The van der Waals surface area contributed by atoms with E-state index in [-0.39, 0.29) is 12.0 Å². The first-order valence-electron chi connectivity index (χ1n) is 6.56. The number of fused-ring (bicyclic) bond motifs is 1. The zero-order valence-corrected chi connectivity index (χ0v) is 12.5. The topological polar surface area (TPSA) is 64.6 Å². The Morgan fingerprint density at radius 3 is 2.95 bits per heavy atom. The number of hydrogen-bond donors (Lipinski definition) is 1. The van der Waals surface area contributed by atoms with Crippen molar-refractivity contribution in [3.05, 3.63) is 22.7 Å². The lowest BCUT2D eigenvalue weighted by Gasteiger charge is -2.11. The van der Waals surface area contributed by atoms with Gasteiger partial charge in [-0.15, -0.1) is 0 Å². The Kier molecular flexibility index (Phi) is 3.79. The van der Waals surface area contributed by atoms with Crippen LogP contribution in [0.25, 0.3) is 0 Å². The molecule has 1 aromatic rings. The Morgan fingerprint density at radius 2 is 2.20 bits per heavy atom. The average molecular weight is 318 g/mol. The Morgan fingerprint density at radius 1 is 1.35 bits per heavy atom.